The minimum absolute atomic E-state index is 0.0333. The van der Waals surface area contributed by atoms with E-state index in [1.54, 1.807) is 6.07 Å². The predicted molar refractivity (Wildman–Crippen MR) is 60.9 cm³/mol. The van der Waals surface area contributed by atoms with Gasteiger partial charge in [0.1, 0.15) is 17.6 Å². The van der Waals surface area contributed by atoms with Gasteiger partial charge in [-0.1, -0.05) is 0 Å². The summed E-state index contributed by atoms with van der Waals surface area (Å²) in [6, 6.07) is 5.77. The summed E-state index contributed by atoms with van der Waals surface area (Å²) in [7, 11) is 0. The van der Waals surface area contributed by atoms with E-state index in [4.69, 9.17) is 10.00 Å². The van der Waals surface area contributed by atoms with E-state index in [2.05, 4.69) is 25.9 Å². The van der Waals surface area contributed by atoms with Crippen molar-refractivity contribution in [2.45, 2.75) is 0 Å². The molecule has 1 heterocycles. The van der Waals surface area contributed by atoms with Gasteiger partial charge in [-0.3, -0.25) is 0 Å². The average Bonchev–Trinajstić information content (AvgIpc) is 2.32. The summed E-state index contributed by atoms with van der Waals surface area (Å²) < 4.78 is 19.2. The molecular formula is C11H5BrFN3O. The predicted octanol–water partition coefficient (Wildman–Crippen LogP) is 3.04. The molecule has 0 radical (unpaired) electrons. The highest BCUT2D eigenvalue weighted by atomic mass is 79.9. The van der Waals surface area contributed by atoms with Crippen molar-refractivity contribution >= 4 is 15.9 Å². The van der Waals surface area contributed by atoms with E-state index in [0.717, 1.165) is 10.5 Å². The highest BCUT2D eigenvalue weighted by Crippen LogP contribution is 2.20. The zero-order chi connectivity index (χ0) is 12.3. The van der Waals surface area contributed by atoms with Crippen LogP contribution in [0.4, 0.5) is 4.39 Å². The standard InChI is InChI=1S/C11H5BrFN3O/c12-8-5-15-11(16-6-8)17-9-2-1-7(4-14)10(13)3-9/h1-3,5-6H. The summed E-state index contributed by atoms with van der Waals surface area (Å²) in [5.41, 5.74) is -0.0333. The van der Waals surface area contributed by atoms with Crippen LogP contribution < -0.4 is 4.74 Å². The number of aromatic nitrogens is 2. The fraction of sp³-hybridized carbons (Fsp3) is 0. The number of benzene rings is 1. The van der Waals surface area contributed by atoms with Gasteiger partial charge in [-0.05, 0) is 28.1 Å². The van der Waals surface area contributed by atoms with E-state index >= 15 is 0 Å². The number of halogens is 2. The third kappa shape index (κ3) is 2.77. The maximum Gasteiger partial charge on any atom is 0.321 e. The molecule has 2 aromatic rings. The molecular weight excluding hydrogens is 289 g/mol. The monoisotopic (exact) mass is 293 g/mol. The smallest absolute Gasteiger partial charge is 0.321 e. The van der Waals surface area contributed by atoms with E-state index in [9.17, 15) is 4.39 Å². The van der Waals surface area contributed by atoms with Gasteiger partial charge in [-0.25, -0.2) is 14.4 Å². The Hall–Kier alpha value is -2.00. The Kier molecular flexibility index (Phi) is 3.30. The van der Waals surface area contributed by atoms with Gasteiger partial charge in [0.05, 0.1) is 10.0 Å². The zero-order valence-electron chi connectivity index (χ0n) is 8.39. The minimum Gasteiger partial charge on any atom is -0.424 e. The molecule has 0 saturated heterocycles. The lowest BCUT2D eigenvalue weighted by Gasteiger charge is -2.03. The first-order valence-corrected chi connectivity index (χ1v) is 5.33. The summed E-state index contributed by atoms with van der Waals surface area (Å²) in [4.78, 5) is 7.76. The van der Waals surface area contributed by atoms with Crippen molar-refractivity contribution in [3.63, 3.8) is 0 Å². The number of hydrogen-bond acceptors (Lipinski definition) is 4. The summed E-state index contributed by atoms with van der Waals surface area (Å²) in [5, 5.41) is 8.57. The Morgan fingerprint density at radius 1 is 1.29 bits per heavy atom. The third-order valence-electron chi connectivity index (χ3n) is 1.87. The second kappa shape index (κ2) is 4.89. The molecule has 0 aliphatic heterocycles. The van der Waals surface area contributed by atoms with E-state index in [1.807, 2.05) is 0 Å². The van der Waals surface area contributed by atoms with Crippen LogP contribution in [0.15, 0.2) is 35.1 Å². The Bertz CT molecular complexity index is 580. The quantitative estimate of drug-likeness (QED) is 0.854. The SMILES string of the molecule is N#Cc1ccc(Oc2ncc(Br)cn2)cc1F. The van der Waals surface area contributed by atoms with Crippen molar-refractivity contribution < 1.29 is 9.13 Å². The molecule has 1 aromatic heterocycles. The fourth-order valence-electron chi connectivity index (χ4n) is 1.11. The fourth-order valence-corrected chi connectivity index (χ4v) is 1.31. The minimum atomic E-state index is -0.637. The van der Waals surface area contributed by atoms with Gasteiger partial charge >= 0.3 is 6.01 Å². The normalized spacial score (nSPS) is 9.71. The van der Waals surface area contributed by atoms with Crippen LogP contribution >= 0.6 is 15.9 Å². The molecule has 4 nitrogen and oxygen atoms in total. The number of hydrogen-bond donors (Lipinski definition) is 0. The molecule has 0 aliphatic rings. The van der Waals surface area contributed by atoms with Crippen molar-refractivity contribution in [1.29, 1.82) is 5.26 Å². The van der Waals surface area contributed by atoms with Gasteiger partial charge in [-0.15, -0.1) is 0 Å². The number of nitrogens with zero attached hydrogens (tertiary/aromatic N) is 3. The van der Waals surface area contributed by atoms with E-state index in [1.165, 1.54) is 24.5 Å². The number of ether oxygens (including phenoxy) is 1. The van der Waals surface area contributed by atoms with Crippen LogP contribution in [0, 0.1) is 17.1 Å². The van der Waals surface area contributed by atoms with Crippen LogP contribution in [0.1, 0.15) is 5.56 Å². The molecule has 84 valence electrons. The summed E-state index contributed by atoms with van der Waals surface area (Å²) in [6.45, 7) is 0. The molecule has 2 rings (SSSR count). The Morgan fingerprint density at radius 2 is 2.00 bits per heavy atom. The van der Waals surface area contributed by atoms with Gasteiger partial charge in [-0.2, -0.15) is 5.26 Å². The van der Waals surface area contributed by atoms with Crippen LogP contribution in [0.3, 0.4) is 0 Å². The Morgan fingerprint density at radius 3 is 2.59 bits per heavy atom. The largest absolute Gasteiger partial charge is 0.424 e. The van der Waals surface area contributed by atoms with E-state index in [-0.39, 0.29) is 17.3 Å². The molecule has 0 unspecified atom stereocenters. The molecule has 0 atom stereocenters. The van der Waals surface area contributed by atoms with Crippen LogP contribution in [0.2, 0.25) is 0 Å². The van der Waals surface area contributed by atoms with Crippen molar-refractivity contribution in [2.24, 2.45) is 0 Å². The molecule has 0 saturated carbocycles. The zero-order valence-corrected chi connectivity index (χ0v) is 9.98. The van der Waals surface area contributed by atoms with Gasteiger partial charge in [0.15, 0.2) is 0 Å². The maximum absolute atomic E-state index is 13.3. The van der Waals surface area contributed by atoms with E-state index < -0.39 is 5.82 Å². The average molecular weight is 294 g/mol. The highest BCUT2D eigenvalue weighted by Gasteiger charge is 2.05. The number of nitriles is 1. The second-order valence-corrected chi connectivity index (χ2v) is 3.96. The molecule has 0 fully saturated rings. The maximum atomic E-state index is 13.3. The summed E-state index contributed by atoms with van der Waals surface area (Å²) >= 11 is 3.18. The summed E-state index contributed by atoms with van der Waals surface area (Å²) in [6.07, 6.45) is 3.03. The van der Waals surface area contributed by atoms with Gasteiger partial charge in [0, 0.05) is 18.5 Å². The van der Waals surface area contributed by atoms with Crippen LogP contribution in [-0.4, -0.2) is 9.97 Å². The Balaban J connectivity index is 2.22. The lowest BCUT2D eigenvalue weighted by Crippen LogP contribution is -1.92. The molecule has 0 N–H and O–H groups in total. The highest BCUT2D eigenvalue weighted by molar-refractivity contribution is 9.10. The van der Waals surface area contributed by atoms with Crippen molar-refractivity contribution in [1.82, 2.24) is 9.97 Å². The van der Waals surface area contributed by atoms with Crippen molar-refractivity contribution in [3.05, 3.63) is 46.4 Å². The molecule has 0 amide bonds. The topological polar surface area (TPSA) is 58.8 Å². The first-order chi connectivity index (χ1) is 8.19. The van der Waals surface area contributed by atoms with Crippen LogP contribution in [0.25, 0.3) is 0 Å². The second-order valence-electron chi connectivity index (χ2n) is 3.04. The lowest BCUT2D eigenvalue weighted by molar-refractivity contribution is 0.437. The molecule has 0 bridgehead atoms. The lowest BCUT2D eigenvalue weighted by atomic mass is 10.2. The number of rotatable bonds is 2. The summed E-state index contributed by atoms with van der Waals surface area (Å²) in [5.74, 6) is -0.397. The van der Waals surface area contributed by atoms with Crippen molar-refractivity contribution in [2.75, 3.05) is 0 Å². The van der Waals surface area contributed by atoms with Gasteiger partial charge < -0.3 is 4.74 Å². The Labute approximate surface area is 105 Å². The van der Waals surface area contributed by atoms with Crippen molar-refractivity contribution in [3.8, 4) is 17.8 Å². The van der Waals surface area contributed by atoms with E-state index in [0.29, 0.717) is 0 Å². The van der Waals surface area contributed by atoms with Gasteiger partial charge in [0.2, 0.25) is 0 Å². The molecule has 6 heteroatoms. The molecule has 1 aromatic carbocycles. The van der Waals surface area contributed by atoms with Gasteiger partial charge in [0.25, 0.3) is 0 Å². The third-order valence-corrected chi connectivity index (χ3v) is 2.28. The first-order valence-electron chi connectivity index (χ1n) is 4.54. The van der Waals surface area contributed by atoms with Crippen LogP contribution in [0.5, 0.6) is 11.8 Å². The molecule has 0 spiro atoms. The molecule has 17 heavy (non-hydrogen) atoms. The molecule has 0 aliphatic carbocycles. The first kappa shape index (κ1) is 11.5. The van der Waals surface area contributed by atoms with Crippen LogP contribution in [-0.2, 0) is 0 Å².